The number of nitrogens with one attached hydrogen (secondary N) is 1. The van der Waals surface area contributed by atoms with Crippen molar-refractivity contribution in [2.75, 3.05) is 39.7 Å². The van der Waals surface area contributed by atoms with Gasteiger partial charge in [-0.3, -0.25) is 9.69 Å². The maximum Gasteiger partial charge on any atom is 0.337 e. The molecule has 3 fully saturated rings. The first kappa shape index (κ1) is 22.3. The van der Waals surface area contributed by atoms with E-state index in [4.69, 9.17) is 14.2 Å². The van der Waals surface area contributed by atoms with E-state index in [0.29, 0.717) is 29.4 Å². The molecule has 4 aliphatic rings. The van der Waals surface area contributed by atoms with Crippen LogP contribution in [0.1, 0.15) is 60.9 Å². The molecule has 5 rings (SSSR count). The molecule has 1 aromatic rings. The van der Waals surface area contributed by atoms with Crippen LogP contribution in [0.4, 0.5) is 5.69 Å². The van der Waals surface area contributed by atoms with E-state index in [1.165, 1.54) is 13.4 Å². The Balaban J connectivity index is 1.51. The van der Waals surface area contributed by atoms with Gasteiger partial charge < -0.3 is 19.5 Å². The van der Waals surface area contributed by atoms with E-state index in [1.807, 2.05) is 0 Å². The molecule has 1 N–H and O–H groups in total. The van der Waals surface area contributed by atoms with Crippen molar-refractivity contribution in [2.24, 2.45) is 11.8 Å². The molecule has 0 radical (unpaired) electrons. The van der Waals surface area contributed by atoms with Gasteiger partial charge in [0.05, 0.1) is 38.7 Å². The van der Waals surface area contributed by atoms with Crippen LogP contribution in [0.5, 0.6) is 5.75 Å². The summed E-state index contributed by atoms with van der Waals surface area (Å²) in [5, 5.41) is 3.65. The van der Waals surface area contributed by atoms with Crippen molar-refractivity contribution in [3.05, 3.63) is 35.1 Å². The van der Waals surface area contributed by atoms with Gasteiger partial charge >= 0.3 is 5.97 Å². The Hall–Kier alpha value is -2.54. The number of piperidine rings is 1. The Kier molecular flexibility index (Phi) is 5.63. The number of ketones is 1. The number of benzene rings is 1. The van der Waals surface area contributed by atoms with Crippen LogP contribution in [-0.4, -0.2) is 62.7 Å². The first-order chi connectivity index (χ1) is 16.0. The lowest BCUT2D eigenvalue weighted by Gasteiger charge is -2.45. The van der Waals surface area contributed by atoms with E-state index in [-0.39, 0.29) is 23.7 Å². The van der Waals surface area contributed by atoms with E-state index in [1.54, 1.807) is 14.2 Å². The average Bonchev–Trinajstić information content (AvgIpc) is 3.57. The summed E-state index contributed by atoms with van der Waals surface area (Å²) in [7, 11) is 4.63. The topological polar surface area (TPSA) is 77.1 Å². The van der Waals surface area contributed by atoms with E-state index in [2.05, 4.69) is 29.3 Å². The van der Waals surface area contributed by atoms with Crippen molar-refractivity contribution in [2.45, 2.75) is 56.5 Å². The van der Waals surface area contributed by atoms with Crippen molar-refractivity contribution in [3.8, 4) is 5.75 Å². The van der Waals surface area contributed by atoms with Crippen molar-refractivity contribution < 1.29 is 23.8 Å². The quantitative estimate of drug-likeness (QED) is 0.399. The molecule has 1 aliphatic carbocycles. The molecule has 1 spiro atoms. The van der Waals surface area contributed by atoms with Gasteiger partial charge in [-0.2, -0.15) is 0 Å². The highest BCUT2D eigenvalue weighted by Crippen LogP contribution is 2.53. The zero-order valence-electron chi connectivity index (χ0n) is 20.0. The van der Waals surface area contributed by atoms with Crippen LogP contribution in [0.2, 0.25) is 0 Å². The van der Waals surface area contributed by atoms with Crippen LogP contribution >= 0.6 is 0 Å². The second kappa shape index (κ2) is 8.35. The van der Waals surface area contributed by atoms with Crippen LogP contribution in [0.25, 0.3) is 0 Å². The number of fused-ring (bicyclic) bond motifs is 3. The lowest BCUT2D eigenvalue weighted by atomic mass is 9.72. The Morgan fingerprint density at radius 2 is 2.06 bits per heavy atom. The number of hydrogen-bond donors (Lipinski definition) is 1. The number of hydrogen-bond acceptors (Lipinski definition) is 7. The molecule has 3 aliphatic heterocycles. The van der Waals surface area contributed by atoms with Crippen molar-refractivity contribution in [1.29, 1.82) is 0 Å². The van der Waals surface area contributed by atoms with Crippen LogP contribution in [0.3, 0.4) is 0 Å². The molecule has 4 atom stereocenters. The molecule has 7 heteroatoms. The zero-order chi connectivity index (χ0) is 23.3. The summed E-state index contributed by atoms with van der Waals surface area (Å²) >= 11 is 0. The Morgan fingerprint density at radius 3 is 2.70 bits per heavy atom. The SMILES string of the molecule is CC[C@@H]1CN2CC[C@]3(Nc4ccc(C5CC5)c(OC)c4C3=O)[C@@H]2C[C@@H]1/C(=C/OC)C(=O)OC. The minimum Gasteiger partial charge on any atom is -0.504 e. The molecule has 2 saturated heterocycles. The van der Waals surface area contributed by atoms with Crippen molar-refractivity contribution in [3.63, 3.8) is 0 Å². The molecule has 1 saturated carbocycles. The Morgan fingerprint density at radius 1 is 1.27 bits per heavy atom. The fraction of sp³-hybridized carbons (Fsp3) is 0.615. The number of methoxy groups -OCH3 is 3. The first-order valence-electron chi connectivity index (χ1n) is 12.1. The number of esters is 1. The molecule has 0 bridgehead atoms. The number of ether oxygens (including phenoxy) is 3. The maximum absolute atomic E-state index is 14.1. The first-order valence-corrected chi connectivity index (χ1v) is 12.1. The van der Waals surface area contributed by atoms with Crippen molar-refractivity contribution in [1.82, 2.24) is 4.90 Å². The highest BCUT2D eigenvalue weighted by molar-refractivity contribution is 6.16. The Labute approximate surface area is 195 Å². The van der Waals surface area contributed by atoms with Gasteiger partial charge in [-0.05, 0) is 55.1 Å². The predicted molar refractivity (Wildman–Crippen MR) is 125 cm³/mol. The fourth-order valence-corrected chi connectivity index (χ4v) is 6.51. The van der Waals surface area contributed by atoms with Crippen LogP contribution in [0.15, 0.2) is 24.0 Å². The predicted octanol–water partition coefficient (Wildman–Crippen LogP) is 3.74. The average molecular weight is 455 g/mol. The number of carbonyl (C=O) groups excluding carboxylic acids is 2. The third-order valence-corrected chi connectivity index (χ3v) is 8.31. The van der Waals surface area contributed by atoms with Gasteiger partial charge in [0.15, 0.2) is 5.78 Å². The molecule has 178 valence electrons. The van der Waals surface area contributed by atoms with Gasteiger partial charge in [-0.15, -0.1) is 0 Å². The monoisotopic (exact) mass is 454 g/mol. The molecule has 0 aromatic heterocycles. The summed E-state index contributed by atoms with van der Waals surface area (Å²) in [6, 6.07) is 4.17. The normalized spacial score (nSPS) is 31.2. The van der Waals surface area contributed by atoms with Gasteiger partial charge in [-0.25, -0.2) is 4.79 Å². The number of anilines is 1. The van der Waals surface area contributed by atoms with E-state index < -0.39 is 5.54 Å². The second-order valence-electron chi connectivity index (χ2n) is 9.88. The summed E-state index contributed by atoms with van der Waals surface area (Å²) in [5.41, 5.74) is 2.60. The van der Waals surface area contributed by atoms with Crippen LogP contribution in [-0.2, 0) is 14.3 Å². The molecule has 0 amide bonds. The lowest BCUT2D eigenvalue weighted by molar-refractivity contribution is -0.137. The van der Waals surface area contributed by atoms with Crippen molar-refractivity contribution >= 4 is 17.4 Å². The standard InChI is InChI=1S/C26H34N2O5/c1-5-15-13-28-11-10-26(21(28)12-18(15)19(14-31-2)25(30)33-4)24(29)22-20(27-26)9-8-17(16-6-7-16)23(22)32-3/h8-9,14-16,18,21,27H,5-7,10-13H2,1-4H3/b19-14-/t15-,18+,21+,26+/m1/s1. The summed E-state index contributed by atoms with van der Waals surface area (Å²) in [4.78, 5) is 29.2. The van der Waals surface area contributed by atoms with Gasteiger partial charge in [0.25, 0.3) is 0 Å². The molecule has 3 heterocycles. The number of carbonyl (C=O) groups is 2. The van der Waals surface area contributed by atoms with Crippen LogP contribution < -0.4 is 10.1 Å². The Bertz CT molecular complexity index is 1000. The minimum atomic E-state index is -0.691. The smallest absolute Gasteiger partial charge is 0.337 e. The molecule has 1 aromatic carbocycles. The summed E-state index contributed by atoms with van der Waals surface area (Å²) in [6.45, 7) is 3.87. The number of Topliss-reactive ketones (excluding diaryl/α,β-unsaturated/α-hetero) is 1. The molecular weight excluding hydrogens is 420 g/mol. The fourth-order valence-electron chi connectivity index (χ4n) is 6.51. The molecule has 7 nitrogen and oxygen atoms in total. The summed E-state index contributed by atoms with van der Waals surface area (Å²) in [6.07, 6.45) is 6.23. The summed E-state index contributed by atoms with van der Waals surface area (Å²) in [5.74, 6) is 1.29. The van der Waals surface area contributed by atoms with Gasteiger partial charge in [0.2, 0.25) is 0 Å². The largest absolute Gasteiger partial charge is 0.504 e. The second-order valence-corrected chi connectivity index (χ2v) is 9.88. The highest BCUT2D eigenvalue weighted by Gasteiger charge is 2.60. The van der Waals surface area contributed by atoms with Crippen LogP contribution in [0, 0.1) is 11.8 Å². The molecule has 33 heavy (non-hydrogen) atoms. The van der Waals surface area contributed by atoms with Gasteiger partial charge in [0, 0.05) is 24.8 Å². The van der Waals surface area contributed by atoms with E-state index >= 15 is 0 Å². The zero-order valence-corrected chi connectivity index (χ0v) is 20.0. The summed E-state index contributed by atoms with van der Waals surface area (Å²) < 4.78 is 16.2. The number of rotatable bonds is 6. The van der Waals surface area contributed by atoms with Gasteiger partial charge in [-0.1, -0.05) is 19.4 Å². The molecular formula is C26H34N2O5. The highest BCUT2D eigenvalue weighted by atomic mass is 16.5. The lowest BCUT2D eigenvalue weighted by Crippen LogP contribution is -2.57. The van der Waals surface area contributed by atoms with E-state index in [9.17, 15) is 9.59 Å². The van der Waals surface area contributed by atoms with E-state index in [0.717, 1.165) is 55.8 Å². The minimum absolute atomic E-state index is 0.0100. The third-order valence-electron chi connectivity index (χ3n) is 8.31. The maximum atomic E-state index is 14.1. The van der Waals surface area contributed by atoms with Gasteiger partial charge in [0.1, 0.15) is 11.3 Å². The molecule has 0 unspecified atom stereocenters. The third kappa shape index (κ3) is 3.35. The number of nitrogens with zero attached hydrogens (tertiary/aromatic N) is 1.